The lowest BCUT2D eigenvalue weighted by Crippen LogP contribution is -2.21. The lowest BCUT2D eigenvalue weighted by molar-refractivity contribution is 0.174. The SMILES string of the molecule is COc1cc(CNC[C@@H](O)c2ccccc2)ccc1OCc1cccc(C)c1. The molecule has 4 nitrogen and oxygen atoms in total. The molecule has 0 amide bonds. The largest absolute Gasteiger partial charge is 0.493 e. The number of aliphatic hydroxyl groups is 1. The van der Waals surface area contributed by atoms with Crippen molar-refractivity contribution in [2.24, 2.45) is 0 Å². The van der Waals surface area contributed by atoms with E-state index in [1.54, 1.807) is 7.11 Å². The van der Waals surface area contributed by atoms with E-state index < -0.39 is 6.10 Å². The second-order valence-electron chi connectivity index (χ2n) is 6.82. The molecular formula is C24H27NO3. The first-order chi connectivity index (χ1) is 13.7. The van der Waals surface area contributed by atoms with E-state index >= 15 is 0 Å². The van der Waals surface area contributed by atoms with Gasteiger partial charge in [0.2, 0.25) is 0 Å². The highest BCUT2D eigenvalue weighted by Gasteiger charge is 2.09. The van der Waals surface area contributed by atoms with Crippen molar-refractivity contribution in [2.75, 3.05) is 13.7 Å². The van der Waals surface area contributed by atoms with E-state index in [-0.39, 0.29) is 0 Å². The van der Waals surface area contributed by atoms with Gasteiger partial charge in [0.1, 0.15) is 6.61 Å². The molecule has 0 radical (unpaired) electrons. The molecule has 0 unspecified atom stereocenters. The van der Waals surface area contributed by atoms with Gasteiger partial charge in [0.25, 0.3) is 0 Å². The Bertz CT molecular complexity index is 880. The van der Waals surface area contributed by atoms with Crippen LogP contribution in [0.2, 0.25) is 0 Å². The molecule has 0 aliphatic heterocycles. The van der Waals surface area contributed by atoms with Crippen LogP contribution in [0.5, 0.6) is 11.5 Å². The minimum absolute atomic E-state index is 0.484. The first kappa shape index (κ1) is 19.9. The molecule has 0 spiro atoms. The van der Waals surface area contributed by atoms with Crippen molar-refractivity contribution in [1.29, 1.82) is 0 Å². The molecule has 0 aliphatic rings. The van der Waals surface area contributed by atoms with E-state index in [0.29, 0.717) is 25.4 Å². The van der Waals surface area contributed by atoms with Crippen LogP contribution in [0, 0.1) is 6.92 Å². The third-order valence-corrected chi connectivity index (χ3v) is 4.56. The number of hydrogen-bond donors (Lipinski definition) is 2. The van der Waals surface area contributed by atoms with Crippen LogP contribution in [-0.4, -0.2) is 18.8 Å². The van der Waals surface area contributed by atoms with Gasteiger partial charge in [0, 0.05) is 13.1 Å². The summed E-state index contributed by atoms with van der Waals surface area (Å²) >= 11 is 0. The average Bonchev–Trinajstić information content (AvgIpc) is 2.73. The highest BCUT2D eigenvalue weighted by molar-refractivity contribution is 5.43. The highest BCUT2D eigenvalue weighted by Crippen LogP contribution is 2.29. The lowest BCUT2D eigenvalue weighted by atomic mass is 10.1. The summed E-state index contributed by atoms with van der Waals surface area (Å²) in [5.41, 5.74) is 4.32. The topological polar surface area (TPSA) is 50.7 Å². The van der Waals surface area contributed by atoms with Crippen molar-refractivity contribution in [1.82, 2.24) is 5.32 Å². The summed E-state index contributed by atoms with van der Waals surface area (Å²) in [6.07, 6.45) is -0.528. The first-order valence-electron chi connectivity index (χ1n) is 9.44. The summed E-state index contributed by atoms with van der Waals surface area (Å²) in [5, 5.41) is 13.5. The predicted molar refractivity (Wildman–Crippen MR) is 112 cm³/mol. The van der Waals surface area contributed by atoms with Gasteiger partial charge in [-0.25, -0.2) is 0 Å². The van der Waals surface area contributed by atoms with Gasteiger partial charge in [-0.1, -0.05) is 66.2 Å². The Kier molecular flexibility index (Phi) is 7.06. The molecule has 0 heterocycles. The van der Waals surface area contributed by atoms with Crippen LogP contribution in [0.3, 0.4) is 0 Å². The third kappa shape index (κ3) is 5.59. The summed E-state index contributed by atoms with van der Waals surface area (Å²) in [4.78, 5) is 0. The smallest absolute Gasteiger partial charge is 0.161 e. The fourth-order valence-electron chi connectivity index (χ4n) is 3.05. The highest BCUT2D eigenvalue weighted by atomic mass is 16.5. The van der Waals surface area contributed by atoms with Gasteiger partial charge in [-0.2, -0.15) is 0 Å². The van der Waals surface area contributed by atoms with Crippen molar-refractivity contribution in [3.63, 3.8) is 0 Å². The number of aliphatic hydroxyl groups excluding tert-OH is 1. The van der Waals surface area contributed by atoms with E-state index in [0.717, 1.165) is 22.4 Å². The molecule has 0 fully saturated rings. The van der Waals surface area contributed by atoms with Gasteiger partial charge in [-0.3, -0.25) is 0 Å². The molecule has 4 heteroatoms. The Morgan fingerprint density at radius 1 is 0.893 bits per heavy atom. The van der Waals surface area contributed by atoms with Gasteiger partial charge in [-0.15, -0.1) is 0 Å². The van der Waals surface area contributed by atoms with Gasteiger partial charge < -0.3 is 19.9 Å². The van der Waals surface area contributed by atoms with Crippen molar-refractivity contribution in [2.45, 2.75) is 26.2 Å². The van der Waals surface area contributed by atoms with Gasteiger partial charge in [-0.05, 0) is 35.7 Å². The summed E-state index contributed by atoms with van der Waals surface area (Å²) in [5.74, 6) is 1.42. The number of methoxy groups -OCH3 is 1. The molecular weight excluding hydrogens is 350 g/mol. The molecule has 0 bridgehead atoms. The first-order valence-corrected chi connectivity index (χ1v) is 9.44. The molecule has 0 saturated heterocycles. The normalized spacial score (nSPS) is 11.8. The standard InChI is InChI=1S/C24H27NO3/c1-18-7-6-8-20(13-18)17-28-23-12-11-19(14-24(23)27-2)15-25-16-22(26)21-9-4-3-5-10-21/h3-14,22,25-26H,15-17H2,1-2H3/t22-/m1/s1. The number of benzene rings is 3. The van der Waals surface area contributed by atoms with Crippen LogP contribution in [0.4, 0.5) is 0 Å². The average molecular weight is 377 g/mol. The van der Waals surface area contributed by atoms with Crippen molar-refractivity contribution in [3.8, 4) is 11.5 Å². The van der Waals surface area contributed by atoms with E-state index in [4.69, 9.17) is 9.47 Å². The zero-order valence-electron chi connectivity index (χ0n) is 16.4. The summed E-state index contributed by atoms with van der Waals surface area (Å²) < 4.78 is 11.4. The second-order valence-corrected chi connectivity index (χ2v) is 6.82. The summed E-state index contributed by atoms with van der Waals surface area (Å²) in [6, 6.07) is 23.8. The Balaban J connectivity index is 1.55. The number of nitrogens with one attached hydrogen (secondary N) is 1. The molecule has 3 aromatic carbocycles. The van der Waals surface area contributed by atoms with Crippen molar-refractivity contribution < 1.29 is 14.6 Å². The minimum atomic E-state index is -0.528. The fraction of sp³-hybridized carbons (Fsp3) is 0.250. The summed E-state index contributed by atoms with van der Waals surface area (Å²) in [6.45, 7) is 3.69. The van der Waals surface area contributed by atoms with Crippen LogP contribution in [0.25, 0.3) is 0 Å². The third-order valence-electron chi connectivity index (χ3n) is 4.56. The van der Waals surface area contributed by atoms with Crippen molar-refractivity contribution >= 4 is 0 Å². The van der Waals surface area contributed by atoms with Gasteiger partial charge >= 0.3 is 0 Å². The van der Waals surface area contributed by atoms with Crippen LogP contribution in [0.15, 0.2) is 72.8 Å². The molecule has 2 N–H and O–H groups in total. The van der Waals surface area contributed by atoms with E-state index in [1.165, 1.54) is 5.56 Å². The maximum Gasteiger partial charge on any atom is 0.161 e. The Labute approximate surface area is 166 Å². The van der Waals surface area contributed by atoms with Gasteiger partial charge in [0.15, 0.2) is 11.5 Å². The van der Waals surface area contributed by atoms with Crippen LogP contribution in [-0.2, 0) is 13.2 Å². The molecule has 0 saturated carbocycles. The Morgan fingerprint density at radius 2 is 1.71 bits per heavy atom. The zero-order chi connectivity index (χ0) is 19.8. The molecule has 1 atom stereocenters. The monoisotopic (exact) mass is 377 g/mol. The van der Waals surface area contributed by atoms with E-state index in [9.17, 15) is 5.11 Å². The molecule has 28 heavy (non-hydrogen) atoms. The number of hydrogen-bond acceptors (Lipinski definition) is 4. The number of rotatable bonds is 9. The fourth-order valence-corrected chi connectivity index (χ4v) is 3.05. The second kappa shape index (κ2) is 9.93. The zero-order valence-corrected chi connectivity index (χ0v) is 16.4. The molecule has 3 rings (SSSR count). The van der Waals surface area contributed by atoms with Crippen molar-refractivity contribution in [3.05, 3.63) is 95.1 Å². The Morgan fingerprint density at radius 3 is 2.46 bits per heavy atom. The molecule has 3 aromatic rings. The van der Waals surface area contributed by atoms with E-state index in [1.807, 2.05) is 54.6 Å². The maximum absolute atomic E-state index is 10.2. The van der Waals surface area contributed by atoms with Crippen LogP contribution >= 0.6 is 0 Å². The van der Waals surface area contributed by atoms with Crippen LogP contribution in [0.1, 0.15) is 28.4 Å². The van der Waals surface area contributed by atoms with Gasteiger partial charge in [0.05, 0.1) is 13.2 Å². The Hall–Kier alpha value is -2.82. The minimum Gasteiger partial charge on any atom is -0.493 e. The number of ether oxygens (including phenoxy) is 2. The molecule has 0 aromatic heterocycles. The summed E-state index contributed by atoms with van der Waals surface area (Å²) in [7, 11) is 1.64. The quantitative estimate of drug-likeness (QED) is 0.580. The molecule has 0 aliphatic carbocycles. The molecule has 146 valence electrons. The lowest BCUT2D eigenvalue weighted by Gasteiger charge is -2.14. The maximum atomic E-state index is 10.2. The number of aryl methyl sites for hydroxylation is 1. The van der Waals surface area contributed by atoms with E-state index in [2.05, 4.69) is 30.4 Å². The van der Waals surface area contributed by atoms with Crippen LogP contribution < -0.4 is 14.8 Å². The predicted octanol–water partition coefficient (Wildman–Crippen LogP) is 4.41.